The zero-order chi connectivity index (χ0) is 20.5. The highest BCUT2D eigenvalue weighted by Crippen LogP contribution is 2.36. The number of aryl methyl sites for hydroxylation is 1. The van der Waals surface area contributed by atoms with Crippen LogP contribution in [-0.2, 0) is 30.9 Å². The second-order valence-electron chi connectivity index (χ2n) is 7.47. The number of rotatable bonds is 5. The molecule has 1 atom stereocenters. The van der Waals surface area contributed by atoms with Crippen LogP contribution in [0.3, 0.4) is 0 Å². The molecule has 0 saturated carbocycles. The number of carbonyl (C=O) groups is 1. The van der Waals surface area contributed by atoms with Crippen molar-refractivity contribution >= 4 is 5.91 Å². The average Bonchev–Trinajstić information content (AvgIpc) is 3.43. The Kier molecular flexibility index (Phi) is 4.88. The second kappa shape index (κ2) is 7.84. The molecule has 3 aromatic rings. The topological polar surface area (TPSA) is 74.6 Å². The van der Waals surface area contributed by atoms with Gasteiger partial charge in [0.25, 0.3) is 5.91 Å². The van der Waals surface area contributed by atoms with E-state index in [9.17, 15) is 4.79 Å². The Bertz CT molecular complexity index is 1070. The summed E-state index contributed by atoms with van der Waals surface area (Å²) in [4.78, 5) is 12.6. The van der Waals surface area contributed by atoms with Crippen molar-refractivity contribution < 1.29 is 19.0 Å². The second-order valence-corrected chi connectivity index (χ2v) is 7.47. The van der Waals surface area contributed by atoms with Crippen molar-refractivity contribution in [2.24, 2.45) is 0 Å². The molecule has 2 aromatic carbocycles. The van der Waals surface area contributed by atoms with Crippen LogP contribution in [0.15, 0.2) is 48.5 Å². The lowest BCUT2D eigenvalue weighted by Gasteiger charge is -2.24. The van der Waals surface area contributed by atoms with Gasteiger partial charge in [0.1, 0.15) is 6.10 Å². The third kappa shape index (κ3) is 3.64. The highest BCUT2D eigenvalue weighted by Gasteiger charge is 2.25. The lowest BCUT2D eigenvalue weighted by atomic mass is 10.1. The number of hydrogen-bond acceptors (Lipinski definition) is 5. The van der Waals surface area contributed by atoms with Gasteiger partial charge in [0.2, 0.25) is 6.79 Å². The molecule has 0 unspecified atom stereocenters. The van der Waals surface area contributed by atoms with Gasteiger partial charge in [-0.3, -0.25) is 9.48 Å². The fourth-order valence-corrected chi connectivity index (χ4v) is 3.72. The van der Waals surface area contributed by atoms with Gasteiger partial charge >= 0.3 is 0 Å². The number of nitrogens with zero attached hydrogens (tertiary/aromatic N) is 2. The molecule has 1 N–H and O–H groups in total. The summed E-state index contributed by atoms with van der Waals surface area (Å²) in [5.41, 5.74) is 4.65. The van der Waals surface area contributed by atoms with Crippen LogP contribution < -0.4 is 14.8 Å². The van der Waals surface area contributed by atoms with Gasteiger partial charge in [-0.15, -0.1) is 0 Å². The van der Waals surface area contributed by atoms with Crippen LogP contribution in [0.5, 0.6) is 11.5 Å². The number of ether oxygens (including phenoxy) is 3. The van der Waals surface area contributed by atoms with E-state index in [2.05, 4.69) is 29.5 Å². The van der Waals surface area contributed by atoms with Crippen molar-refractivity contribution in [3.63, 3.8) is 0 Å². The van der Waals surface area contributed by atoms with Crippen molar-refractivity contribution in [3.8, 4) is 11.5 Å². The predicted octanol–water partition coefficient (Wildman–Crippen LogP) is 3.38. The molecule has 1 amide bonds. The Hall–Kier alpha value is -3.32. The standard InChI is InChI=1S/C23H23N3O4/c1-2-15-3-5-16(6-4-15)11-24-23(27)19-10-18-13-28-22(12-26(18)25-19)17-7-8-20-21(9-17)30-14-29-20/h3-10,22H,2,11-14H2,1H3,(H,24,27)/t22-/m1/s1. The number of fused-ring (bicyclic) bond motifs is 2. The van der Waals surface area contributed by atoms with Crippen LogP contribution in [0, 0.1) is 0 Å². The monoisotopic (exact) mass is 405 g/mol. The minimum atomic E-state index is -0.184. The summed E-state index contributed by atoms with van der Waals surface area (Å²) < 4.78 is 18.7. The molecule has 2 aliphatic heterocycles. The van der Waals surface area contributed by atoms with Crippen molar-refractivity contribution in [2.45, 2.75) is 39.1 Å². The lowest BCUT2D eigenvalue weighted by Crippen LogP contribution is -2.24. The molecule has 0 spiro atoms. The Morgan fingerprint density at radius 2 is 1.90 bits per heavy atom. The Labute approximate surface area is 174 Å². The summed E-state index contributed by atoms with van der Waals surface area (Å²) in [6.07, 6.45) is 0.849. The van der Waals surface area contributed by atoms with E-state index in [1.165, 1.54) is 5.56 Å². The average molecular weight is 405 g/mol. The maximum Gasteiger partial charge on any atom is 0.272 e. The quantitative estimate of drug-likeness (QED) is 0.704. The Morgan fingerprint density at radius 3 is 2.73 bits per heavy atom. The van der Waals surface area contributed by atoms with E-state index in [4.69, 9.17) is 14.2 Å². The van der Waals surface area contributed by atoms with E-state index in [1.54, 1.807) is 6.07 Å². The summed E-state index contributed by atoms with van der Waals surface area (Å²) in [6.45, 7) is 3.78. The van der Waals surface area contributed by atoms with Crippen molar-refractivity contribution in [2.75, 3.05) is 6.79 Å². The number of hydrogen-bond donors (Lipinski definition) is 1. The van der Waals surface area contributed by atoms with E-state index in [1.807, 2.05) is 35.0 Å². The van der Waals surface area contributed by atoms with E-state index in [0.29, 0.717) is 25.4 Å². The summed E-state index contributed by atoms with van der Waals surface area (Å²) in [7, 11) is 0. The maximum absolute atomic E-state index is 12.6. The summed E-state index contributed by atoms with van der Waals surface area (Å²) in [5.74, 6) is 1.29. The van der Waals surface area contributed by atoms with Gasteiger partial charge in [-0.1, -0.05) is 37.3 Å². The molecule has 7 heteroatoms. The highest BCUT2D eigenvalue weighted by molar-refractivity contribution is 5.92. The molecule has 1 aromatic heterocycles. The lowest BCUT2D eigenvalue weighted by molar-refractivity contribution is -0.00128. The molecule has 0 radical (unpaired) electrons. The zero-order valence-corrected chi connectivity index (χ0v) is 16.8. The highest BCUT2D eigenvalue weighted by atomic mass is 16.7. The molecular formula is C23H23N3O4. The van der Waals surface area contributed by atoms with Gasteiger partial charge in [0.15, 0.2) is 17.2 Å². The minimum absolute atomic E-state index is 0.153. The fraction of sp³-hybridized carbons (Fsp3) is 0.304. The molecule has 2 aliphatic rings. The van der Waals surface area contributed by atoms with Crippen molar-refractivity contribution in [1.29, 1.82) is 0 Å². The first kappa shape index (κ1) is 18.7. The van der Waals surface area contributed by atoms with Crippen LogP contribution in [0.2, 0.25) is 0 Å². The molecule has 7 nitrogen and oxygen atoms in total. The molecule has 5 rings (SSSR count). The largest absolute Gasteiger partial charge is 0.454 e. The third-order valence-corrected chi connectivity index (χ3v) is 5.52. The normalized spacial score (nSPS) is 16.9. The van der Waals surface area contributed by atoms with Gasteiger partial charge in [0, 0.05) is 6.54 Å². The predicted molar refractivity (Wildman–Crippen MR) is 109 cm³/mol. The SMILES string of the molecule is CCc1ccc(CNC(=O)c2cc3n(n2)C[C@H](c2ccc4c(c2)OCO4)OC3)cc1. The summed E-state index contributed by atoms with van der Waals surface area (Å²) in [6, 6.07) is 15.9. The van der Waals surface area contributed by atoms with Crippen LogP contribution in [0.1, 0.15) is 45.9 Å². The van der Waals surface area contributed by atoms with E-state index >= 15 is 0 Å². The van der Waals surface area contributed by atoms with Gasteiger partial charge < -0.3 is 19.5 Å². The van der Waals surface area contributed by atoms with Crippen molar-refractivity contribution in [1.82, 2.24) is 15.1 Å². The number of benzene rings is 2. The first-order chi connectivity index (χ1) is 14.7. The van der Waals surface area contributed by atoms with Gasteiger partial charge in [-0.05, 0) is 41.3 Å². The smallest absolute Gasteiger partial charge is 0.272 e. The number of aromatic nitrogens is 2. The van der Waals surface area contributed by atoms with Crippen LogP contribution >= 0.6 is 0 Å². The zero-order valence-electron chi connectivity index (χ0n) is 16.8. The fourth-order valence-electron chi connectivity index (χ4n) is 3.72. The minimum Gasteiger partial charge on any atom is -0.454 e. The molecular weight excluding hydrogens is 382 g/mol. The molecule has 0 aliphatic carbocycles. The first-order valence-electron chi connectivity index (χ1n) is 10.1. The van der Waals surface area contributed by atoms with E-state index < -0.39 is 0 Å². The number of amides is 1. The molecule has 0 fully saturated rings. The Balaban J connectivity index is 1.24. The summed E-state index contributed by atoms with van der Waals surface area (Å²) in [5, 5.41) is 7.45. The summed E-state index contributed by atoms with van der Waals surface area (Å²) >= 11 is 0. The van der Waals surface area contributed by atoms with E-state index in [-0.39, 0.29) is 18.8 Å². The maximum atomic E-state index is 12.6. The van der Waals surface area contributed by atoms with Gasteiger partial charge in [0.05, 0.1) is 18.8 Å². The Morgan fingerprint density at radius 1 is 1.10 bits per heavy atom. The van der Waals surface area contributed by atoms with Crippen molar-refractivity contribution in [3.05, 3.63) is 76.6 Å². The van der Waals surface area contributed by atoms with Crippen LogP contribution in [0.25, 0.3) is 0 Å². The van der Waals surface area contributed by atoms with Gasteiger partial charge in [-0.2, -0.15) is 5.10 Å². The first-order valence-corrected chi connectivity index (χ1v) is 10.1. The number of carbonyl (C=O) groups excluding carboxylic acids is 1. The molecule has 0 bridgehead atoms. The molecule has 154 valence electrons. The molecule has 3 heterocycles. The van der Waals surface area contributed by atoms with Gasteiger partial charge in [-0.25, -0.2) is 0 Å². The molecule has 30 heavy (non-hydrogen) atoms. The van der Waals surface area contributed by atoms with E-state index in [0.717, 1.165) is 34.7 Å². The van der Waals surface area contributed by atoms with Crippen LogP contribution in [0.4, 0.5) is 0 Å². The third-order valence-electron chi connectivity index (χ3n) is 5.52. The number of nitrogens with one attached hydrogen (secondary N) is 1. The van der Waals surface area contributed by atoms with Crippen LogP contribution in [-0.4, -0.2) is 22.5 Å². The molecule has 0 saturated heterocycles.